The Labute approximate surface area is 309 Å². The summed E-state index contributed by atoms with van der Waals surface area (Å²) in [5.41, 5.74) is 9.50. The number of fused-ring (bicyclic) bond motifs is 8. The van der Waals surface area contributed by atoms with Gasteiger partial charge in [-0.05, 0) is 84.9 Å². The van der Waals surface area contributed by atoms with Crippen LogP contribution in [0.4, 0.5) is 34.1 Å². The molecule has 0 unspecified atom stereocenters. The van der Waals surface area contributed by atoms with E-state index >= 15 is 0 Å². The molecule has 4 heteroatoms. The second kappa shape index (κ2) is 12.6. The van der Waals surface area contributed by atoms with Crippen molar-refractivity contribution in [1.29, 1.82) is 0 Å². The highest BCUT2D eigenvalue weighted by molar-refractivity contribution is 5.91. The Bertz CT molecular complexity index is 2310. The van der Waals surface area contributed by atoms with Crippen LogP contribution in [0, 0.1) is 0 Å². The highest BCUT2D eigenvalue weighted by Gasteiger charge is 2.54. The molecule has 4 nitrogen and oxygen atoms in total. The van der Waals surface area contributed by atoms with Crippen molar-refractivity contribution in [2.45, 2.75) is 5.41 Å². The first-order valence-electron chi connectivity index (χ1n) is 17.9. The number of nitrogens with zero attached hydrogens (tertiary/aromatic N) is 2. The predicted octanol–water partition coefficient (Wildman–Crippen LogP) is 13.2. The van der Waals surface area contributed by atoms with E-state index in [1.807, 2.05) is 0 Å². The van der Waals surface area contributed by atoms with Crippen LogP contribution in [-0.2, 0) is 5.41 Å². The minimum atomic E-state index is -0.884. The van der Waals surface area contributed by atoms with Crippen LogP contribution < -0.4 is 19.3 Å². The van der Waals surface area contributed by atoms with E-state index < -0.39 is 5.41 Å². The molecule has 10 rings (SSSR count). The molecule has 1 spiro atoms. The van der Waals surface area contributed by atoms with Crippen molar-refractivity contribution < 1.29 is 9.47 Å². The Morgan fingerprint density at radius 2 is 0.585 bits per heavy atom. The SMILES string of the molecule is c1ccc(N(c2ccccc2)c2cccc3c2C2(c4ccccc4O3)c3ccccc3Oc3cccc(N(c4ccccc4)c4ccccc4)c32)cc1. The minimum absolute atomic E-state index is 0.793. The van der Waals surface area contributed by atoms with Crippen molar-refractivity contribution >= 4 is 34.1 Å². The van der Waals surface area contributed by atoms with Crippen molar-refractivity contribution in [2.75, 3.05) is 9.80 Å². The van der Waals surface area contributed by atoms with Gasteiger partial charge in [-0.3, -0.25) is 0 Å². The molecule has 0 radical (unpaired) electrons. The number of ether oxygens (including phenoxy) is 2. The predicted molar refractivity (Wildman–Crippen MR) is 214 cm³/mol. The first-order valence-corrected chi connectivity index (χ1v) is 17.9. The molecule has 0 aliphatic carbocycles. The standard InChI is InChI=1S/C49H34N2O2/c1-5-19-35(20-6-1)50(36-21-7-2-8-22-36)41-29-17-33-45-47(41)49(39-27-13-15-31-43(39)52-45)40-28-14-16-32-44(40)53-46-34-18-30-42(48(46)49)51(37-23-9-3-10-24-37)38-25-11-4-12-26-38/h1-34H. The second-order valence-corrected chi connectivity index (χ2v) is 13.3. The quantitative estimate of drug-likeness (QED) is 0.174. The average molecular weight is 683 g/mol. The molecule has 0 atom stereocenters. The Morgan fingerprint density at radius 1 is 0.283 bits per heavy atom. The van der Waals surface area contributed by atoms with Gasteiger partial charge in [0, 0.05) is 45.0 Å². The van der Waals surface area contributed by atoms with E-state index in [4.69, 9.17) is 9.47 Å². The van der Waals surface area contributed by atoms with Gasteiger partial charge in [0.1, 0.15) is 23.0 Å². The second-order valence-electron chi connectivity index (χ2n) is 13.3. The zero-order valence-electron chi connectivity index (χ0n) is 28.8. The van der Waals surface area contributed by atoms with Gasteiger partial charge in [0.05, 0.1) is 16.8 Å². The molecule has 0 saturated carbocycles. The maximum Gasteiger partial charge on any atom is 0.134 e. The molecule has 2 aliphatic rings. The van der Waals surface area contributed by atoms with Crippen molar-refractivity contribution in [2.24, 2.45) is 0 Å². The van der Waals surface area contributed by atoms with Crippen LogP contribution in [-0.4, -0.2) is 0 Å². The highest BCUT2D eigenvalue weighted by Crippen LogP contribution is 2.66. The van der Waals surface area contributed by atoms with Gasteiger partial charge in [0.2, 0.25) is 0 Å². The topological polar surface area (TPSA) is 24.9 Å². The lowest BCUT2D eigenvalue weighted by molar-refractivity contribution is 0.400. The summed E-state index contributed by atoms with van der Waals surface area (Å²) >= 11 is 0. The zero-order chi connectivity index (χ0) is 35.2. The van der Waals surface area contributed by atoms with Crippen LogP contribution in [0.3, 0.4) is 0 Å². The smallest absolute Gasteiger partial charge is 0.134 e. The molecular formula is C49H34N2O2. The minimum Gasteiger partial charge on any atom is -0.457 e. The van der Waals surface area contributed by atoms with E-state index in [9.17, 15) is 0 Å². The molecule has 0 saturated heterocycles. The summed E-state index contributed by atoms with van der Waals surface area (Å²) in [6.45, 7) is 0. The number of para-hydroxylation sites is 6. The van der Waals surface area contributed by atoms with Gasteiger partial charge >= 0.3 is 0 Å². The van der Waals surface area contributed by atoms with Gasteiger partial charge in [0.15, 0.2) is 0 Å². The van der Waals surface area contributed by atoms with Gasteiger partial charge in [-0.1, -0.05) is 121 Å². The van der Waals surface area contributed by atoms with Gasteiger partial charge in [-0.15, -0.1) is 0 Å². The third-order valence-corrected chi connectivity index (χ3v) is 10.3. The lowest BCUT2D eigenvalue weighted by Gasteiger charge is -2.48. The Balaban J connectivity index is 1.38. The molecule has 8 aromatic carbocycles. The molecule has 0 amide bonds. The molecule has 2 heterocycles. The van der Waals surface area contributed by atoms with E-state index in [-0.39, 0.29) is 0 Å². The molecule has 53 heavy (non-hydrogen) atoms. The summed E-state index contributed by atoms with van der Waals surface area (Å²) in [5.74, 6) is 3.21. The van der Waals surface area contributed by atoms with E-state index in [0.29, 0.717) is 0 Å². The van der Waals surface area contributed by atoms with Crippen molar-refractivity contribution in [3.05, 3.63) is 229 Å². The first kappa shape index (κ1) is 30.8. The van der Waals surface area contributed by atoms with Gasteiger partial charge < -0.3 is 19.3 Å². The molecule has 2 aliphatic heterocycles. The Kier molecular flexibility index (Phi) is 7.33. The summed E-state index contributed by atoms with van der Waals surface area (Å²) in [7, 11) is 0. The molecule has 0 N–H and O–H groups in total. The number of rotatable bonds is 6. The van der Waals surface area contributed by atoms with Crippen LogP contribution >= 0.6 is 0 Å². The van der Waals surface area contributed by atoms with Crippen LogP contribution in [0.15, 0.2) is 206 Å². The fourth-order valence-corrected chi connectivity index (χ4v) is 8.28. The molecule has 8 aromatic rings. The molecule has 0 bridgehead atoms. The zero-order valence-corrected chi connectivity index (χ0v) is 28.8. The summed E-state index contributed by atoms with van der Waals surface area (Å²) in [6.07, 6.45) is 0. The lowest BCUT2D eigenvalue weighted by Crippen LogP contribution is -2.39. The van der Waals surface area contributed by atoms with Crippen molar-refractivity contribution in [3.63, 3.8) is 0 Å². The molecule has 0 fully saturated rings. The van der Waals surface area contributed by atoms with Crippen LogP contribution in [0.1, 0.15) is 22.3 Å². The Hall–Kier alpha value is -7.04. The number of anilines is 6. The monoisotopic (exact) mass is 682 g/mol. The van der Waals surface area contributed by atoms with Crippen LogP contribution in [0.25, 0.3) is 0 Å². The summed E-state index contributed by atoms with van der Waals surface area (Å²) in [4.78, 5) is 4.70. The van der Waals surface area contributed by atoms with Crippen LogP contribution in [0.5, 0.6) is 23.0 Å². The summed E-state index contributed by atoms with van der Waals surface area (Å²) in [6, 6.07) is 72.2. The van der Waals surface area contributed by atoms with Gasteiger partial charge in [-0.2, -0.15) is 0 Å². The van der Waals surface area contributed by atoms with E-state index in [0.717, 1.165) is 79.4 Å². The maximum atomic E-state index is 6.99. The maximum absolute atomic E-state index is 6.99. The fourth-order valence-electron chi connectivity index (χ4n) is 8.28. The number of benzene rings is 8. The van der Waals surface area contributed by atoms with E-state index in [2.05, 4.69) is 216 Å². The lowest BCUT2D eigenvalue weighted by atomic mass is 9.61. The Morgan fingerprint density at radius 3 is 0.943 bits per heavy atom. The summed E-state index contributed by atoms with van der Waals surface area (Å²) < 4.78 is 14.0. The first-order chi connectivity index (χ1) is 26.3. The van der Waals surface area contributed by atoms with E-state index in [1.165, 1.54) is 0 Å². The number of hydrogen-bond acceptors (Lipinski definition) is 4. The van der Waals surface area contributed by atoms with E-state index in [1.54, 1.807) is 0 Å². The fraction of sp³-hybridized carbons (Fsp3) is 0.0204. The average Bonchev–Trinajstić information content (AvgIpc) is 3.23. The number of hydrogen-bond donors (Lipinski definition) is 0. The van der Waals surface area contributed by atoms with Gasteiger partial charge in [0.25, 0.3) is 0 Å². The largest absolute Gasteiger partial charge is 0.457 e. The van der Waals surface area contributed by atoms with Crippen LogP contribution in [0.2, 0.25) is 0 Å². The van der Waals surface area contributed by atoms with Crippen molar-refractivity contribution in [1.82, 2.24) is 0 Å². The third-order valence-electron chi connectivity index (χ3n) is 10.3. The normalized spacial score (nSPS) is 13.0. The van der Waals surface area contributed by atoms with Crippen molar-refractivity contribution in [3.8, 4) is 23.0 Å². The third kappa shape index (κ3) is 4.84. The van der Waals surface area contributed by atoms with Gasteiger partial charge in [-0.25, -0.2) is 0 Å². The summed E-state index contributed by atoms with van der Waals surface area (Å²) in [5, 5.41) is 0. The molecular weight excluding hydrogens is 649 g/mol. The molecule has 252 valence electrons. The highest BCUT2D eigenvalue weighted by atomic mass is 16.5. The molecule has 0 aromatic heterocycles.